The van der Waals surface area contributed by atoms with Crippen LogP contribution in [0.4, 0.5) is 17.1 Å². The predicted molar refractivity (Wildman–Crippen MR) is 110 cm³/mol. The van der Waals surface area contributed by atoms with Gasteiger partial charge in [0.2, 0.25) is 0 Å². The average molecular weight is 374 g/mol. The second-order valence-corrected chi connectivity index (χ2v) is 6.27. The Kier molecular flexibility index (Phi) is 6.07. The van der Waals surface area contributed by atoms with Crippen LogP contribution in [-0.2, 0) is 9.53 Å². The lowest BCUT2D eigenvalue weighted by Gasteiger charge is -2.27. The van der Waals surface area contributed by atoms with Crippen LogP contribution in [0.5, 0.6) is 0 Å². The summed E-state index contributed by atoms with van der Waals surface area (Å²) in [6, 6.07) is 25.1. The summed E-state index contributed by atoms with van der Waals surface area (Å²) in [5.41, 5.74) is 7.93. The molecule has 3 aromatic rings. The number of nitrogens with two attached hydrogens (primary N) is 1. The number of esters is 1. The van der Waals surface area contributed by atoms with Crippen molar-refractivity contribution < 1.29 is 14.3 Å². The lowest BCUT2D eigenvalue weighted by atomic mass is 10.1. The van der Waals surface area contributed by atoms with Crippen molar-refractivity contribution >= 4 is 28.9 Å². The van der Waals surface area contributed by atoms with E-state index in [0.717, 1.165) is 0 Å². The van der Waals surface area contributed by atoms with Gasteiger partial charge in [-0.25, -0.2) is 4.79 Å². The fourth-order valence-electron chi connectivity index (χ4n) is 2.87. The van der Waals surface area contributed by atoms with Gasteiger partial charge in [-0.05, 0) is 48.9 Å². The van der Waals surface area contributed by atoms with E-state index >= 15 is 0 Å². The zero-order valence-electron chi connectivity index (χ0n) is 15.6. The quantitative estimate of drug-likeness (QED) is 0.507. The Labute approximate surface area is 164 Å². The van der Waals surface area contributed by atoms with Gasteiger partial charge in [-0.1, -0.05) is 49.4 Å². The molecule has 0 aliphatic carbocycles. The van der Waals surface area contributed by atoms with Gasteiger partial charge < -0.3 is 10.5 Å². The molecular weight excluding hydrogens is 352 g/mol. The van der Waals surface area contributed by atoms with Crippen molar-refractivity contribution in [2.24, 2.45) is 0 Å². The molecule has 0 spiro atoms. The summed E-state index contributed by atoms with van der Waals surface area (Å²) in [5.74, 6) is -0.884. The molecule has 2 N–H and O–H groups in total. The highest BCUT2D eigenvalue weighted by Gasteiger charge is 2.29. The molecule has 28 heavy (non-hydrogen) atoms. The van der Waals surface area contributed by atoms with Crippen LogP contribution in [0, 0.1) is 0 Å². The molecule has 0 heterocycles. The molecule has 5 heteroatoms. The van der Waals surface area contributed by atoms with Gasteiger partial charge in [0.05, 0.1) is 5.56 Å². The minimum Gasteiger partial charge on any atom is -0.449 e. The van der Waals surface area contributed by atoms with Gasteiger partial charge in [-0.3, -0.25) is 9.69 Å². The second-order valence-electron chi connectivity index (χ2n) is 6.27. The van der Waals surface area contributed by atoms with Gasteiger partial charge in [0.25, 0.3) is 5.91 Å². The van der Waals surface area contributed by atoms with E-state index in [0.29, 0.717) is 29.0 Å². The molecule has 0 saturated heterocycles. The molecule has 3 aromatic carbocycles. The standard InChI is InChI=1S/C23H22N2O3/c1-2-21(28-23(27)17-10-9-11-18(24)16-17)22(26)25(19-12-5-3-6-13-19)20-14-7-4-8-15-20/h3-16,21H,2,24H2,1H3. The summed E-state index contributed by atoms with van der Waals surface area (Å²) in [4.78, 5) is 27.4. The van der Waals surface area contributed by atoms with Crippen molar-refractivity contribution in [2.45, 2.75) is 19.4 Å². The number of carbonyl (C=O) groups is 2. The van der Waals surface area contributed by atoms with Crippen molar-refractivity contribution in [1.29, 1.82) is 0 Å². The van der Waals surface area contributed by atoms with Gasteiger partial charge >= 0.3 is 5.97 Å². The Morgan fingerprint density at radius 1 is 0.893 bits per heavy atom. The minimum atomic E-state index is -0.922. The molecule has 0 aromatic heterocycles. The second kappa shape index (κ2) is 8.86. The van der Waals surface area contributed by atoms with E-state index in [-0.39, 0.29) is 5.91 Å². The Hall–Kier alpha value is -3.60. The number of para-hydroxylation sites is 2. The van der Waals surface area contributed by atoms with Crippen LogP contribution in [0.2, 0.25) is 0 Å². The lowest BCUT2D eigenvalue weighted by molar-refractivity contribution is -0.126. The minimum absolute atomic E-state index is 0.308. The number of hydrogen-bond donors (Lipinski definition) is 1. The first-order chi connectivity index (χ1) is 13.6. The van der Waals surface area contributed by atoms with E-state index in [1.165, 1.54) is 6.07 Å². The largest absolute Gasteiger partial charge is 0.449 e. The van der Waals surface area contributed by atoms with Crippen LogP contribution in [0.1, 0.15) is 23.7 Å². The van der Waals surface area contributed by atoms with Gasteiger partial charge in [0.15, 0.2) is 6.10 Å². The monoisotopic (exact) mass is 374 g/mol. The number of ether oxygens (including phenoxy) is 1. The van der Waals surface area contributed by atoms with Crippen molar-refractivity contribution in [3.63, 3.8) is 0 Å². The first kappa shape index (κ1) is 19.2. The number of carbonyl (C=O) groups excluding carboxylic acids is 2. The molecule has 3 rings (SSSR count). The van der Waals surface area contributed by atoms with Crippen LogP contribution in [0.25, 0.3) is 0 Å². The lowest BCUT2D eigenvalue weighted by Crippen LogP contribution is -2.38. The molecule has 0 saturated carbocycles. The first-order valence-electron chi connectivity index (χ1n) is 9.10. The van der Waals surface area contributed by atoms with E-state index in [4.69, 9.17) is 10.5 Å². The fraction of sp³-hybridized carbons (Fsp3) is 0.130. The molecular formula is C23H22N2O3. The highest BCUT2D eigenvalue weighted by molar-refractivity contribution is 6.04. The average Bonchev–Trinajstić information content (AvgIpc) is 2.73. The number of rotatable bonds is 6. The summed E-state index contributed by atoms with van der Waals surface area (Å²) in [6.45, 7) is 1.81. The molecule has 1 atom stereocenters. The van der Waals surface area contributed by atoms with E-state index < -0.39 is 12.1 Å². The SMILES string of the molecule is CCC(OC(=O)c1cccc(N)c1)C(=O)N(c1ccccc1)c1ccccc1. The zero-order valence-corrected chi connectivity index (χ0v) is 15.6. The van der Waals surface area contributed by atoms with Gasteiger partial charge in [0, 0.05) is 17.1 Å². The van der Waals surface area contributed by atoms with E-state index in [9.17, 15) is 9.59 Å². The van der Waals surface area contributed by atoms with E-state index in [1.54, 1.807) is 23.1 Å². The number of nitrogens with zero attached hydrogens (tertiary/aromatic N) is 1. The van der Waals surface area contributed by atoms with Crippen LogP contribution in [0.15, 0.2) is 84.9 Å². The van der Waals surface area contributed by atoms with Crippen molar-refractivity contribution in [3.05, 3.63) is 90.5 Å². The normalized spacial score (nSPS) is 11.5. The smallest absolute Gasteiger partial charge is 0.338 e. The number of amides is 1. The molecule has 0 fully saturated rings. The summed E-state index contributed by atoms with van der Waals surface area (Å²) in [6.07, 6.45) is -0.572. The number of hydrogen-bond acceptors (Lipinski definition) is 4. The van der Waals surface area contributed by atoms with E-state index in [2.05, 4.69) is 0 Å². The number of anilines is 3. The molecule has 1 amide bonds. The maximum Gasteiger partial charge on any atom is 0.338 e. The third kappa shape index (κ3) is 4.38. The first-order valence-corrected chi connectivity index (χ1v) is 9.10. The van der Waals surface area contributed by atoms with Gasteiger partial charge in [0.1, 0.15) is 0 Å². The highest BCUT2D eigenvalue weighted by atomic mass is 16.5. The summed E-state index contributed by atoms with van der Waals surface area (Å²) in [7, 11) is 0. The topological polar surface area (TPSA) is 72.6 Å². The summed E-state index contributed by atoms with van der Waals surface area (Å²) < 4.78 is 5.54. The van der Waals surface area contributed by atoms with Gasteiger partial charge in [-0.2, -0.15) is 0 Å². The van der Waals surface area contributed by atoms with Gasteiger partial charge in [-0.15, -0.1) is 0 Å². The Morgan fingerprint density at radius 3 is 1.96 bits per heavy atom. The van der Waals surface area contributed by atoms with E-state index in [1.807, 2.05) is 67.6 Å². The highest BCUT2D eigenvalue weighted by Crippen LogP contribution is 2.27. The zero-order chi connectivity index (χ0) is 19.9. The number of nitrogen functional groups attached to an aromatic ring is 1. The van der Waals surface area contributed by atoms with Crippen LogP contribution < -0.4 is 10.6 Å². The molecule has 0 aliphatic rings. The third-order valence-electron chi connectivity index (χ3n) is 4.27. The maximum absolute atomic E-state index is 13.3. The van der Waals surface area contributed by atoms with Crippen LogP contribution >= 0.6 is 0 Å². The molecule has 142 valence electrons. The predicted octanol–water partition coefficient (Wildman–Crippen LogP) is 4.57. The van der Waals surface area contributed by atoms with Crippen LogP contribution in [0.3, 0.4) is 0 Å². The van der Waals surface area contributed by atoms with Crippen molar-refractivity contribution in [3.8, 4) is 0 Å². The Morgan fingerprint density at radius 2 is 1.46 bits per heavy atom. The Bertz CT molecular complexity index is 903. The summed E-state index contributed by atoms with van der Waals surface area (Å²) in [5, 5.41) is 0. The molecule has 0 radical (unpaired) electrons. The maximum atomic E-state index is 13.3. The molecule has 5 nitrogen and oxygen atoms in total. The third-order valence-corrected chi connectivity index (χ3v) is 4.27. The van der Waals surface area contributed by atoms with Crippen molar-refractivity contribution in [1.82, 2.24) is 0 Å². The number of benzene rings is 3. The molecule has 1 unspecified atom stereocenters. The van der Waals surface area contributed by atoms with Crippen molar-refractivity contribution in [2.75, 3.05) is 10.6 Å². The molecule has 0 aliphatic heterocycles. The summed E-state index contributed by atoms with van der Waals surface area (Å²) >= 11 is 0. The van der Waals surface area contributed by atoms with Crippen LogP contribution in [-0.4, -0.2) is 18.0 Å². The molecule has 0 bridgehead atoms. The fourth-order valence-corrected chi connectivity index (χ4v) is 2.87. The Balaban J connectivity index is 1.89.